The third-order valence-electron chi connectivity index (χ3n) is 3.04. The summed E-state index contributed by atoms with van der Waals surface area (Å²) < 4.78 is 12.8. The van der Waals surface area contributed by atoms with Crippen LogP contribution in [0.25, 0.3) is 0 Å². The van der Waals surface area contributed by atoms with Gasteiger partial charge in [-0.3, -0.25) is 0 Å². The molecule has 3 heteroatoms. The molecule has 90 valence electrons. The van der Waals surface area contributed by atoms with Gasteiger partial charge in [-0.15, -0.1) is 0 Å². The molecule has 0 saturated carbocycles. The zero-order valence-electron chi connectivity index (χ0n) is 10.4. The zero-order chi connectivity index (χ0) is 12.3. The highest BCUT2D eigenvalue weighted by molar-refractivity contribution is 5.45. The lowest BCUT2D eigenvalue weighted by Gasteiger charge is -2.33. The number of nitrogens with zero attached hydrogens (tertiary/aromatic N) is 1. The van der Waals surface area contributed by atoms with Crippen LogP contribution in [-0.4, -0.2) is 24.8 Å². The van der Waals surface area contributed by atoms with Gasteiger partial charge in [0.25, 0.3) is 0 Å². The Labute approximate surface area is 96.7 Å². The number of halogens is 1. The average Bonchev–Trinajstić information content (AvgIpc) is 2.17. The van der Waals surface area contributed by atoms with E-state index in [0.717, 1.165) is 12.2 Å². The standard InChI is InChI=1S/C13H20FNO/c1-10(16)13(2,3)9-15(4)12-7-5-11(14)6-8-12/h5-8,10,16H,9H2,1-4H3. The highest BCUT2D eigenvalue weighted by Gasteiger charge is 2.25. The van der Waals surface area contributed by atoms with Crippen molar-refractivity contribution in [3.63, 3.8) is 0 Å². The second-order valence-corrected chi connectivity index (χ2v) is 5.00. The summed E-state index contributed by atoms with van der Waals surface area (Å²) in [5.41, 5.74) is 0.762. The molecule has 1 rings (SSSR count). The monoisotopic (exact) mass is 225 g/mol. The van der Waals surface area contributed by atoms with Crippen molar-refractivity contribution >= 4 is 5.69 Å². The third kappa shape index (κ3) is 3.20. The number of aliphatic hydroxyl groups excluding tert-OH is 1. The van der Waals surface area contributed by atoms with Gasteiger partial charge in [-0.2, -0.15) is 0 Å². The van der Waals surface area contributed by atoms with Gasteiger partial charge in [0, 0.05) is 24.7 Å². The molecule has 0 bridgehead atoms. The van der Waals surface area contributed by atoms with Gasteiger partial charge in [-0.1, -0.05) is 13.8 Å². The van der Waals surface area contributed by atoms with Gasteiger partial charge in [0.2, 0.25) is 0 Å². The second kappa shape index (κ2) is 4.83. The minimum absolute atomic E-state index is 0.191. The van der Waals surface area contributed by atoms with Gasteiger partial charge in [0.15, 0.2) is 0 Å². The SMILES string of the molecule is CC(O)C(C)(C)CN(C)c1ccc(F)cc1. The highest BCUT2D eigenvalue weighted by Crippen LogP contribution is 2.24. The zero-order valence-corrected chi connectivity index (χ0v) is 10.4. The molecule has 16 heavy (non-hydrogen) atoms. The number of hydrogen-bond donors (Lipinski definition) is 1. The smallest absolute Gasteiger partial charge is 0.123 e. The summed E-state index contributed by atoms with van der Waals surface area (Å²) in [5.74, 6) is -0.230. The largest absolute Gasteiger partial charge is 0.393 e. The molecule has 1 aromatic rings. The fraction of sp³-hybridized carbons (Fsp3) is 0.538. The summed E-state index contributed by atoms with van der Waals surface area (Å²) in [6.07, 6.45) is -0.379. The van der Waals surface area contributed by atoms with Crippen LogP contribution in [0.4, 0.5) is 10.1 Å². The van der Waals surface area contributed by atoms with Gasteiger partial charge in [0.1, 0.15) is 5.82 Å². The molecule has 0 aromatic heterocycles. The maximum absolute atomic E-state index is 12.8. The molecule has 1 atom stereocenters. The maximum atomic E-state index is 12.8. The Morgan fingerprint density at radius 1 is 1.31 bits per heavy atom. The van der Waals surface area contributed by atoms with Crippen LogP contribution in [0, 0.1) is 11.2 Å². The molecule has 0 spiro atoms. The van der Waals surface area contributed by atoms with Crippen molar-refractivity contribution in [2.75, 3.05) is 18.5 Å². The van der Waals surface area contributed by atoms with Crippen molar-refractivity contribution in [2.45, 2.75) is 26.9 Å². The minimum atomic E-state index is -0.379. The molecule has 0 fully saturated rings. The molecule has 1 unspecified atom stereocenters. The minimum Gasteiger partial charge on any atom is -0.393 e. The lowest BCUT2D eigenvalue weighted by molar-refractivity contribution is 0.0718. The topological polar surface area (TPSA) is 23.5 Å². The molecule has 1 aromatic carbocycles. The Hall–Kier alpha value is -1.09. The molecule has 0 radical (unpaired) electrons. The van der Waals surface area contributed by atoms with Crippen molar-refractivity contribution in [3.05, 3.63) is 30.1 Å². The molecule has 0 aliphatic carbocycles. The Kier molecular flexibility index (Phi) is 3.92. The van der Waals surface area contributed by atoms with E-state index in [4.69, 9.17) is 0 Å². The molecule has 0 heterocycles. The van der Waals surface area contributed by atoms with E-state index in [-0.39, 0.29) is 17.3 Å². The quantitative estimate of drug-likeness (QED) is 0.851. The van der Waals surface area contributed by atoms with Crippen LogP contribution in [-0.2, 0) is 0 Å². The van der Waals surface area contributed by atoms with E-state index in [0.29, 0.717) is 0 Å². The van der Waals surface area contributed by atoms with E-state index in [1.807, 2.05) is 25.8 Å². The van der Waals surface area contributed by atoms with Crippen molar-refractivity contribution in [2.24, 2.45) is 5.41 Å². The summed E-state index contributed by atoms with van der Waals surface area (Å²) in [5, 5.41) is 9.63. The van der Waals surface area contributed by atoms with Gasteiger partial charge in [-0.25, -0.2) is 4.39 Å². The van der Waals surface area contributed by atoms with Gasteiger partial charge in [-0.05, 0) is 31.2 Å². The first kappa shape index (κ1) is 13.0. The first-order chi connectivity index (χ1) is 7.33. The lowest BCUT2D eigenvalue weighted by Crippen LogP contribution is -2.38. The van der Waals surface area contributed by atoms with Crippen molar-refractivity contribution in [1.29, 1.82) is 0 Å². The van der Waals surface area contributed by atoms with Gasteiger partial charge >= 0.3 is 0 Å². The van der Waals surface area contributed by atoms with E-state index in [9.17, 15) is 9.50 Å². The first-order valence-corrected chi connectivity index (χ1v) is 5.48. The maximum Gasteiger partial charge on any atom is 0.123 e. The van der Waals surface area contributed by atoms with Crippen LogP contribution in [0.1, 0.15) is 20.8 Å². The summed E-state index contributed by atoms with van der Waals surface area (Å²) in [6.45, 7) is 6.53. The fourth-order valence-corrected chi connectivity index (χ4v) is 1.53. The summed E-state index contributed by atoms with van der Waals surface area (Å²) in [4.78, 5) is 2.02. The summed E-state index contributed by atoms with van der Waals surface area (Å²) >= 11 is 0. The molecule has 2 nitrogen and oxygen atoms in total. The fourth-order valence-electron chi connectivity index (χ4n) is 1.53. The van der Waals surface area contributed by atoms with E-state index < -0.39 is 0 Å². The molecule has 0 aliphatic heterocycles. The number of hydrogen-bond acceptors (Lipinski definition) is 2. The number of benzene rings is 1. The number of anilines is 1. The number of aliphatic hydroxyl groups is 1. The Morgan fingerprint density at radius 3 is 2.25 bits per heavy atom. The summed E-state index contributed by atoms with van der Waals surface area (Å²) in [6, 6.07) is 6.38. The molecule has 0 amide bonds. The molecule has 0 aliphatic rings. The molecule has 0 saturated heterocycles. The van der Waals surface area contributed by atoms with Crippen LogP contribution < -0.4 is 4.90 Å². The molecule has 1 N–H and O–H groups in total. The average molecular weight is 225 g/mol. The van der Waals surface area contributed by atoms with Crippen LogP contribution in [0.2, 0.25) is 0 Å². The Balaban J connectivity index is 2.72. The molecular weight excluding hydrogens is 205 g/mol. The van der Waals surface area contributed by atoms with Crippen LogP contribution in [0.3, 0.4) is 0 Å². The van der Waals surface area contributed by atoms with E-state index in [1.165, 1.54) is 12.1 Å². The van der Waals surface area contributed by atoms with Crippen molar-refractivity contribution in [3.8, 4) is 0 Å². The van der Waals surface area contributed by atoms with Crippen LogP contribution in [0.5, 0.6) is 0 Å². The van der Waals surface area contributed by atoms with Crippen molar-refractivity contribution in [1.82, 2.24) is 0 Å². The molecular formula is C13H20FNO. The van der Waals surface area contributed by atoms with Crippen molar-refractivity contribution < 1.29 is 9.50 Å². The Morgan fingerprint density at radius 2 is 1.81 bits per heavy atom. The van der Waals surface area contributed by atoms with Crippen LogP contribution in [0.15, 0.2) is 24.3 Å². The normalized spacial score (nSPS) is 13.6. The van der Waals surface area contributed by atoms with Gasteiger partial charge in [0.05, 0.1) is 6.10 Å². The van der Waals surface area contributed by atoms with E-state index >= 15 is 0 Å². The predicted molar refractivity (Wildman–Crippen MR) is 65.1 cm³/mol. The lowest BCUT2D eigenvalue weighted by atomic mass is 9.87. The van der Waals surface area contributed by atoms with Crippen LogP contribution >= 0.6 is 0 Å². The predicted octanol–water partition coefficient (Wildman–Crippen LogP) is 2.67. The van der Waals surface area contributed by atoms with E-state index in [1.54, 1.807) is 19.1 Å². The third-order valence-corrected chi connectivity index (χ3v) is 3.04. The second-order valence-electron chi connectivity index (χ2n) is 5.00. The highest BCUT2D eigenvalue weighted by atomic mass is 19.1. The van der Waals surface area contributed by atoms with Gasteiger partial charge < -0.3 is 10.0 Å². The number of rotatable bonds is 4. The van der Waals surface area contributed by atoms with E-state index in [2.05, 4.69) is 0 Å². The Bertz CT molecular complexity index is 332. The first-order valence-electron chi connectivity index (χ1n) is 5.48. The summed E-state index contributed by atoms with van der Waals surface area (Å²) in [7, 11) is 1.94.